The molecule has 0 spiro atoms. The molecule has 0 aliphatic carbocycles. The molecule has 0 fully saturated rings. The Labute approximate surface area is 168 Å². The number of nitrogen functional groups attached to an aromatic ring is 1. The molecule has 0 saturated carbocycles. The maximum absolute atomic E-state index is 13.1. The van der Waals surface area contributed by atoms with Crippen LogP contribution >= 0.6 is 0 Å². The molecule has 0 aliphatic rings. The first-order valence-electron chi connectivity index (χ1n) is 9.39. The first-order chi connectivity index (χ1) is 14.0. The van der Waals surface area contributed by atoms with Gasteiger partial charge in [-0.05, 0) is 31.0 Å². The summed E-state index contributed by atoms with van der Waals surface area (Å²) >= 11 is 0. The molecule has 9 heteroatoms. The molecule has 1 amide bonds. The van der Waals surface area contributed by atoms with E-state index in [1.807, 2.05) is 13.0 Å². The molecule has 29 heavy (non-hydrogen) atoms. The highest BCUT2D eigenvalue weighted by Crippen LogP contribution is 2.15. The molecular formula is C20H26N5O4+. The lowest BCUT2D eigenvalue weighted by atomic mass is 10.1. The number of nitrogens with one attached hydrogen (secondary N) is 1. The molecule has 3 heterocycles. The van der Waals surface area contributed by atoms with Crippen molar-refractivity contribution in [3.05, 3.63) is 45.9 Å². The van der Waals surface area contributed by atoms with E-state index in [1.54, 1.807) is 31.0 Å². The number of fused-ring (bicyclic) bond motifs is 2. The number of pyridine rings is 2. The van der Waals surface area contributed by atoms with E-state index in [0.717, 1.165) is 5.56 Å². The number of carbonyl (C=O) groups excluding carboxylic acids is 1. The second kappa shape index (κ2) is 8.97. The van der Waals surface area contributed by atoms with Gasteiger partial charge in [0.15, 0.2) is 0 Å². The lowest BCUT2D eigenvalue weighted by Crippen LogP contribution is -2.44. The van der Waals surface area contributed by atoms with Gasteiger partial charge in [0.1, 0.15) is 10.9 Å². The van der Waals surface area contributed by atoms with Crippen LogP contribution in [0.1, 0.15) is 22.3 Å². The number of hydrogen-bond acceptors (Lipinski definition) is 6. The van der Waals surface area contributed by atoms with Crippen LogP contribution in [-0.2, 0) is 16.0 Å². The molecule has 3 N–H and O–H groups in total. The van der Waals surface area contributed by atoms with Crippen molar-refractivity contribution in [3.8, 4) is 0 Å². The van der Waals surface area contributed by atoms with Gasteiger partial charge < -0.3 is 20.5 Å². The maximum Gasteiger partial charge on any atom is 0.278 e. The van der Waals surface area contributed by atoms with Crippen LogP contribution in [0.2, 0.25) is 0 Å². The Hall–Kier alpha value is -3.04. The third-order valence-corrected chi connectivity index (χ3v) is 4.67. The summed E-state index contributed by atoms with van der Waals surface area (Å²) in [5, 5.41) is 3.14. The topological polar surface area (TPSA) is 112 Å². The van der Waals surface area contributed by atoms with Crippen LogP contribution in [0.3, 0.4) is 0 Å². The van der Waals surface area contributed by atoms with Gasteiger partial charge in [0.05, 0.1) is 13.2 Å². The molecule has 0 radical (unpaired) electrons. The van der Waals surface area contributed by atoms with E-state index >= 15 is 0 Å². The molecule has 154 valence electrons. The summed E-state index contributed by atoms with van der Waals surface area (Å²) in [5.41, 5.74) is 8.15. The van der Waals surface area contributed by atoms with Crippen molar-refractivity contribution < 1.29 is 18.8 Å². The predicted octanol–water partition coefficient (Wildman–Crippen LogP) is 0.439. The van der Waals surface area contributed by atoms with Crippen LogP contribution < -0.4 is 21.2 Å². The summed E-state index contributed by atoms with van der Waals surface area (Å²) in [6.45, 7) is 3.60. The number of nitrogens with zero attached hydrogens (tertiary/aromatic N) is 3. The van der Waals surface area contributed by atoms with Gasteiger partial charge in [-0.1, -0.05) is 11.1 Å². The number of hydrogen-bond donors (Lipinski definition) is 2. The summed E-state index contributed by atoms with van der Waals surface area (Å²) in [6, 6.07) is 5.19. The van der Waals surface area contributed by atoms with Gasteiger partial charge in [0, 0.05) is 33.6 Å². The Morgan fingerprint density at radius 3 is 2.76 bits per heavy atom. The number of carbonyl (C=O) groups is 1. The van der Waals surface area contributed by atoms with Gasteiger partial charge in [-0.2, -0.15) is 0 Å². The molecule has 3 aromatic heterocycles. The minimum Gasteiger partial charge on any atom is -0.385 e. The van der Waals surface area contributed by atoms with E-state index < -0.39 is 0 Å². The molecule has 0 unspecified atom stereocenters. The van der Waals surface area contributed by atoms with Crippen LogP contribution in [0.4, 0.5) is 5.82 Å². The summed E-state index contributed by atoms with van der Waals surface area (Å²) in [7, 11) is 3.18. The van der Waals surface area contributed by atoms with Gasteiger partial charge >= 0.3 is 0 Å². The molecule has 0 aliphatic heterocycles. The Kier molecular flexibility index (Phi) is 6.40. The number of aromatic nitrogens is 3. The van der Waals surface area contributed by atoms with Gasteiger partial charge in [-0.3, -0.25) is 14.0 Å². The Balaban J connectivity index is 2.18. The summed E-state index contributed by atoms with van der Waals surface area (Å²) in [4.78, 5) is 30.5. The third-order valence-electron chi connectivity index (χ3n) is 4.67. The van der Waals surface area contributed by atoms with Crippen molar-refractivity contribution >= 4 is 28.4 Å². The van der Waals surface area contributed by atoms with Crippen LogP contribution in [-0.4, -0.2) is 49.3 Å². The third kappa shape index (κ3) is 4.20. The molecule has 0 saturated heterocycles. The lowest BCUT2D eigenvalue weighted by molar-refractivity contribution is -0.660. The number of amides is 1. The second-order valence-corrected chi connectivity index (χ2v) is 6.78. The molecule has 0 bridgehead atoms. The van der Waals surface area contributed by atoms with E-state index in [4.69, 9.17) is 15.2 Å². The Bertz CT molecular complexity index is 1110. The van der Waals surface area contributed by atoms with E-state index in [0.29, 0.717) is 49.4 Å². The number of ether oxygens (including phenoxy) is 2. The SMILES string of the molecule is COCCCNC(=O)c1cc2c(=O)n3cc(C)ccc3nc2[n+](CCOC)c1N. The molecule has 0 atom stereocenters. The van der Waals surface area contributed by atoms with E-state index in [1.165, 1.54) is 10.5 Å². The zero-order chi connectivity index (χ0) is 21.0. The van der Waals surface area contributed by atoms with Crippen molar-refractivity contribution in [2.24, 2.45) is 0 Å². The number of anilines is 1. The zero-order valence-corrected chi connectivity index (χ0v) is 16.9. The predicted molar refractivity (Wildman–Crippen MR) is 109 cm³/mol. The van der Waals surface area contributed by atoms with Crippen molar-refractivity contribution in [1.82, 2.24) is 14.7 Å². The molecular weight excluding hydrogens is 374 g/mol. The molecule has 0 aromatic carbocycles. The van der Waals surface area contributed by atoms with Crippen LogP contribution in [0.15, 0.2) is 29.2 Å². The van der Waals surface area contributed by atoms with Crippen LogP contribution in [0.5, 0.6) is 0 Å². The largest absolute Gasteiger partial charge is 0.385 e. The monoisotopic (exact) mass is 400 g/mol. The van der Waals surface area contributed by atoms with Crippen molar-refractivity contribution in [3.63, 3.8) is 0 Å². The maximum atomic E-state index is 13.1. The quantitative estimate of drug-likeness (QED) is 0.322. The Morgan fingerprint density at radius 1 is 1.28 bits per heavy atom. The molecule has 3 rings (SSSR count). The normalized spacial score (nSPS) is 11.3. The van der Waals surface area contributed by atoms with Gasteiger partial charge in [0.25, 0.3) is 17.1 Å². The van der Waals surface area contributed by atoms with E-state index in [9.17, 15) is 9.59 Å². The number of aryl methyl sites for hydroxylation is 1. The summed E-state index contributed by atoms with van der Waals surface area (Å²) in [5.74, 6) is -0.109. The summed E-state index contributed by atoms with van der Waals surface area (Å²) in [6.07, 6.45) is 2.40. The number of methoxy groups -OCH3 is 2. The minimum atomic E-state index is -0.347. The van der Waals surface area contributed by atoms with Crippen molar-refractivity contribution in [1.29, 1.82) is 0 Å². The smallest absolute Gasteiger partial charge is 0.278 e. The van der Waals surface area contributed by atoms with Gasteiger partial charge in [-0.25, -0.2) is 4.57 Å². The fraction of sp³-hybridized carbons (Fsp3) is 0.400. The Morgan fingerprint density at radius 2 is 2.03 bits per heavy atom. The highest BCUT2D eigenvalue weighted by molar-refractivity contribution is 6.00. The molecule has 3 aromatic rings. The second-order valence-electron chi connectivity index (χ2n) is 6.78. The highest BCUT2D eigenvalue weighted by Gasteiger charge is 2.24. The average Bonchev–Trinajstić information content (AvgIpc) is 2.71. The highest BCUT2D eigenvalue weighted by atomic mass is 16.5. The van der Waals surface area contributed by atoms with Crippen LogP contribution in [0.25, 0.3) is 16.7 Å². The van der Waals surface area contributed by atoms with E-state index in [-0.39, 0.29) is 22.8 Å². The lowest BCUT2D eigenvalue weighted by Gasteiger charge is -2.12. The van der Waals surface area contributed by atoms with Crippen LogP contribution in [0, 0.1) is 6.92 Å². The van der Waals surface area contributed by atoms with Crippen molar-refractivity contribution in [2.45, 2.75) is 19.9 Å². The van der Waals surface area contributed by atoms with Gasteiger partial charge in [0.2, 0.25) is 11.5 Å². The van der Waals surface area contributed by atoms with E-state index in [2.05, 4.69) is 10.3 Å². The average molecular weight is 400 g/mol. The number of rotatable bonds is 8. The molecule has 9 nitrogen and oxygen atoms in total. The fourth-order valence-corrected chi connectivity index (χ4v) is 3.16. The van der Waals surface area contributed by atoms with Crippen molar-refractivity contribution in [2.75, 3.05) is 39.7 Å². The first-order valence-corrected chi connectivity index (χ1v) is 9.39. The minimum absolute atomic E-state index is 0.234. The summed E-state index contributed by atoms with van der Waals surface area (Å²) < 4.78 is 13.3. The number of nitrogens with two attached hydrogens (primary N) is 1. The standard InChI is InChI=1S/C20H25N5O4/c1-13-5-6-16-23-18-15(20(27)25(16)12-13)11-14(17(21)24(18)8-10-29-3)19(26)22-7-4-9-28-2/h5-6,11-12,21H,4,7-10H2,1-3H3,(H,22,26)/p+1. The zero-order valence-electron chi connectivity index (χ0n) is 16.9. The van der Waals surface area contributed by atoms with Gasteiger partial charge in [-0.15, -0.1) is 0 Å². The first kappa shape index (κ1) is 20.7. The fourth-order valence-electron chi connectivity index (χ4n) is 3.16.